The van der Waals surface area contributed by atoms with Crippen LogP contribution in [0.15, 0.2) is 53.4 Å². The van der Waals surface area contributed by atoms with Gasteiger partial charge in [0, 0.05) is 36.5 Å². The number of carbonyl (C=O) groups excluding carboxylic acids is 5. The second-order valence-electron chi connectivity index (χ2n) is 17.7. The molecule has 1 aliphatic heterocycles. The van der Waals surface area contributed by atoms with Crippen molar-refractivity contribution in [1.29, 1.82) is 0 Å². The van der Waals surface area contributed by atoms with Crippen LogP contribution >= 0.6 is 11.3 Å². The maximum atomic E-state index is 13.8. The van der Waals surface area contributed by atoms with E-state index in [-0.39, 0.29) is 22.5 Å². The normalized spacial score (nSPS) is 15.8. The maximum Gasteiger partial charge on any atom is 0.418 e. The number of hydrogen-bond acceptors (Lipinski definition) is 18. The number of esters is 1. The van der Waals surface area contributed by atoms with Crippen molar-refractivity contribution in [3.05, 3.63) is 53.9 Å². The highest BCUT2D eigenvalue weighted by Gasteiger charge is 2.58. The molecule has 65 heavy (non-hydrogen) atoms. The zero-order chi connectivity index (χ0) is 48.5. The zero-order valence-electron chi connectivity index (χ0n) is 37.8. The third-order valence-corrected chi connectivity index (χ3v) is 9.18. The van der Waals surface area contributed by atoms with Crippen LogP contribution < -0.4 is 30.0 Å². The van der Waals surface area contributed by atoms with Gasteiger partial charge in [-0.3, -0.25) is 19.5 Å². The van der Waals surface area contributed by atoms with Crippen molar-refractivity contribution in [3.63, 3.8) is 0 Å². The first-order valence-corrected chi connectivity index (χ1v) is 22.2. The van der Waals surface area contributed by atoms with Crippen LogP contribution in [-0.2, 0) is 54.7 Å². The van der Waals surface area contributed by atoms with Crippen LogP contribution in [0.1, 0.15) is 88.3 Å². The highest BCUT2D eigenvalue weighted by atomic mass is 32.3. The van der Waals surface area contributed by atoms with Gasteiger partial charge in [-0.25, -0.2) is 28.9 Å². The third kappa shape index (κ3) is 16.7. The first kappa shape index (κ1) is 51.5. The second kappa shape index (κ2) is 20.8. The largest absolute Gasteiger partial charge is 0.487 e. The van der Waals surface area contributed by atoms with Gasteiger partial charge in [0.1, 0.15) is 53.2 Å². The number of carbonyl (C=O) groups is 5. The summed E-state index contributed by atoms with van der Waals surface area (Å²) in [6, 6.07) is 5.13. The summed E-state index contributed by atoms with van der Waals surface area (Å²) < 4.78 is 65.8. The van der Waals surface area contributed by atoms with Crippen molar-refractivity contribution in [1.82, 2.24) is 25.7 Å². The lowest BCUT2D eigenvalue weighted by Gasteiger charge is -2.50. The molecule has 25 heteroatoms. The van der Waals surface area contributed by atoms with Crippen LogP contribution in [0.4, 0.5) is 14.7 Å². The minimum Gasteiger partial charge on any atom is -0.487 e. The Bertz CT molecular complexity index is 2320. The number of rotatable bonds is 18. The second-order valence-corrected chi connectivity index (χ2v) is 19.6. The SMILES string of the molecule is CC(C)(C)OC(=O)NCCC[n+]1ccc(Oc2ccc(OCC(O/N=C(\C(=O)N[C@@H]3C(=O)N(OS(=O)(=O)O)C3(C)C)c3csc(NC(=O)OC(C)(C)C)n3)C(=O)OC(C)(C)C)cn2)cc1. The van der Waals surface area contributed by atoms with Crippen LogP contribution in [0.5, 0.6) is 17.4 Å². The highest BCUT2D eigenvalue weighted by molar-refractivity contribution is 7.80. The number of nitrogens with one attached hydrogen (secondary N) is 3. The summed E-state index contributed by atoms with van der Waals surface area (Å²) in [6.45, 7) is 18.5. The molecule has 4 amide bonds. The van der Waals surface area contributed by atoms with Crippen molar-refractivity contribution >= 4 is 62.5 Å². The van der Waals surface area contributed by atoms with Crippen LogP contribution in [-0.4, -0.2) is 111 Å². The zero-order valence-corrected chi connectivity index (χ0v) is 39.5. The average molecular weight is 952 g/mol. The number of hydroxylamine groups is 2. The molecule has 0 aliphatic carbocycles. The number of nitrogens with zero attached hydrogens (tertiary/aromatic N) is 5. The highest BCUT2D eigenvalue weighted by Crippen LogP contribution is 2.33. The minimum atomic E-state index is -5.09. The maximum absolute atomic E-state index is 13.8. The van der Waals surface area contributed by atoms with Crippen LogP contribution in [0.2, 0.25) is 0 Å². The predicted octanol–water partition coefficient (Wildman–Crippen LogP) is 4.23. The number of anilines is 1. The van der Waals surface area contributed by atoms with Crippen molar-refractivity contribution < 1.29 is 74.3 Å². The molecule has 3 aromatic heterocycles. The van der Waals surface area contributed by atoms with E-state index < -0.39 is 87.2 Å². The number of aromatic nitrogens is 3. The van der Waals surface area contributed by atoms with Gasteiger partial charge in [-0.2, -0.15) is 13.5 Å². The van der Waals surface area contributed by atoms with E-state index in [2.05, 4.69) is 35.4 Å². The van der Waals surface area contributed by atoms with Gasteiger partial charge >= 0.3 is 28.6 Å². The summed E-state index contributed by atoms with van der Waals surface area (Å²) in [5, 5.41) is 13.2. The number of alkyl carbamates (subject to hydrolysis) is 1. The molecule has 1 unspecified atom stereocenters. The van der Waals surface area contributed by atoms with Crippen molar-refractivity contribution in [2.24, 2.45) is 5.16 Å². The molecule has 1 aliphatic rings. The lowest BCUT2D eigenvalue weighted by molar-refractivity contribution is -0.697. The molecule has 4 N–H and O–H groups in total. The lowest BCUT2D eigenvalue weighted by Crippen LogP contribution is -2.76. The Morgan fingerprint density at radius 1 is 0.938 bits per heavy atom. The van der Waals surface area contributed by atoms with Crippen molar-refractivity contribution in [3.8, 4) is 17.4 Å². The van der Waals surface area contributed by atoms with Gasteiger partial charge in [0.15, 0.2) is 23.2 Å². The Labute approximate surface area is 380 Å². The molecule has 1 fully saturated rings. The number of oxime groups is 1. The quantitative estimate of drug-likeness (QED) is 0.0203. The third-order valence-electron chi connectivity index (χ3n) is 8.09. The van der Waals surface area contributed by atoms with Crippen LogP contribution in [0.3, 0.4) is 0 Å². The molecule has 0 bridgehead atoms. The topological polar surface area (TPSA) is 286 Å². The summed E-state index contributed by atoms with van der Waals surface area (Å²) in [4.78, 5) is 78.5. The van der Waals surface area contributed by atoms with E-state index in [4.69, 9.17) is 33.1 Å². The van der Waals surface area contributed by atoms with E-state index in [1.54, 1.807) is 74.4 Å². The summed E-state index contributed by atoms with van der Waals surface area (Å²) >= 11 is 0.880. The molecule has 0 aromatic carbocycles. The average Bonchev–Trinajstić information content (AvgIpc) is 3.62. The number of hydrogen-bond donors (Lipinski definition) is 4. The molecule has 0 spiro atoms. The molecule has 1 saturated heterocycles. The molecule has 23 nitrogen and oxygen atoms in total. The van der Waals surface area contributed by atoms with Gasteiger partial charge in [0.25, 0.3) is 17.9 Å². The van der Waals surface area contributed by atoms with Crippen LogP contribution in [0.25, 0.3) is 0 Å². The summed E-state index contributed by atoms with van der Waals surface area (Å²) in [5.41, 5.74) is -4.69. The molecule has 0 saturated carbocycles. The number of β-lactam (4-membered cyclic amide) rings is 1. The first-order valence-electron chi connectivity index (χ1n) is 20.0. The molecule has 3 aromatic rings. The van der Waals surface area contributed by atoms with Gasteiger partial charge in [-0.1, -0.05) is 5.16 Å². The molecule has 0 radical (unpaired) electrons. The van der Waals surface area contributed by atoms with E-state index in [1.807, 2.05) is 17.0 Å². The van der Waals surface area contributed by atoms with E-state index in [1.165, 1.54) is 37.6 Å². The molecule has 356 valence electrons. The molecular formula is C40H55N8O15S2+. The summed E-state index contributed by atoms with van der Waals surface area (Å²) in [6.07, 6.45) is 2.69. The summed E-state index contributed by atoms with van der Waals surface area (Å²) in [7, 11) is -5.09. The van der Waals surface area contributed by atoms with E-state index in [9.17, 15) is 32.4 Å². The van der Waals surface area contributed by atoms with Gasteiger partial charge < -0.3 is 39.2 Å². The van der Waals surface area contributed by atoms with Crippen molar-refractivity contribution in [2.45, 2.75) is 124 Å². The Kier molecular flexibility index (Phi) is 16.4. The Morgan fingerprint density at radius 3 is 2.14 bits per heavy atom. The van der Waals surface area contributed by atoms with E-state index in [0.29, 0.717) is 30.3 Å². The predicted molar refractivity (Wildman–Crippen MR) is 230 cm³/mol. The fourth-order valence-corrected chi connectivity index (χ4v) is 6.45. The Balaban J connectivity index is 1.48. The molecular weight excluding hydrogens is 897 g/mol. The number of pyridine rings is 2. The number of ether oxygens (including phenoxy) is 5. The fourth-order valence-electron chi connectivity index (χ4n) is 5.31. The van der Waals surface area contributed by atoms with Gasteiger partial charge in [-0.05, 0) is 82.2 Å². The molecule has 2 atom stereocenters. The number of amides is 4. The van der Waals surface area contributed by atoms with Gasteiger partial charge in [-0.15, -0.1) is 15.6 Å². The van der Waals surface area contributed by atoms with Gasteiger partial charge in [0.05, 0.1) is 11.7 Å². The molecule has 4 rings (SSSR count). The van der Waals surface area contributed by atoms with Crippen molar-refractivity contribution in [2.75, 3.05) is 18.5 Å². The number of thiazole rings is 1. The smallest absolute Gasteiger partial charge is 0.418 e. The molecule has 4 heterocycles. The fraction of sp³-hybridized carbons (Fsp3) is 0.525. The lowest BCUT2D eigenvalue weighted by atomic mass is 9.84. The van der Waals surface area contributed by atoms with E-state index in [0.717, 1.165) is 11.3 Å². The number of aryl methyl sites for hydroxylation is 1. The Hall–Kier alpha value is -6.18. The standard InChI is InChI=1S/C40H54N8O15S2/c1-37(2,3)59-33(51)27(22-57-25-13-14-28(42-21-25)58-24-15-19-47(20-16-24)18-12-17-41-35(52)60-38(4,5)6)62-46-29(26-23-64-34(43-26)45-36(53)61-39(7,8)9)31(49)44-30-32(50)48(40(30,10)11)63-65(54,55)56/h13-16,19-21,23,27,30H,12,17-18,22H2,1-11H3,(H3-,41,43,44,45,49,52,53,54,55,56)/p+1/b46-29-/t27?,30-/m1/s1. The van der Waals surface area contributed by atoms with Crippen LogP contribution in [0, 0.1) is 0 Å². The Morgan fingerprint density at radius 2 is 1.57 bits per heavy atom. The monoisotopic (exact) mass is 951 g/mol. The summed E-state index contributed by atoms with van der Waals surface area (Å²) in [5.74, 6) is -2.15. The van der Waals surface area contributed by atoms with E-state index >= 15 is 0 Å². The van der Waals surface area contributed by atoms with Gasteiger partial charge in [0.2, 0.25) is 5.88 Å². The first-order chi connectivity index (χ1) is 30.0. The minimum absolute atomic E-state index is 0.0214.